The number of nitrogens with one attached hydrogen (secondary N) is 1. The van der Waals surface area contributed by atoms with Crippen LogP contribution in [0.1, 0.15) is 37.9 Å². The molecule has 0 saturated carbocycles. The van der Waals surface area contributed by atoms with Gasteiger partial charge in [-0.1, -0.05) is 19.1 Å². The van der Waals surface area contributed by atoms with Crippen LogP contribution in [0.15, 0.2) is 48.5 Å². The maximum Gasteiger partial charge on any atom is 0.260 e. The number of carbonyl (C=O) groups is 1. The molecule has 6 nitrogen and oxygen atoms in total. The van der Waals surface area contributed by atoms with Gasteiger partial charge in [0, 0.05) is 19.0 Å². The van der Waals surface area contributed by atoms with E-state index in [0.29, 0.717) is 18.3 Å². The van der Waals surface area contributed by atoms with Gasteiger partial charge in [-0.25, -0.2) is 4.98 Å². The molecule has 2 heterocycles. The van der Waals surface area contributed by atoms with Gasteiger partial charge >= 0.3 is 0 Å². The number of fused-ring (bicyclic) bond motifs is 1. The zero-order chi connectivity index (χ0) is 20.1. The first-order valence-corrected chi connectivity index (χ1v) is 10.3. The Kier molecular flexibility index (Phi) is 5.98. The molecule has 1 aliphatic rings. The number of hydrogen-bond acceptors (Lipinski definition) is 4. The summed E-state index contributed by atoms with van der Waals surface area (Å²) in [6.45, 7) is 4.29. The average Bonchev–Trinajstić information content (AvgIpc) is 3.21. The van der Waals surface area contributed by atoms with Gasteiger partial charge in [-0.2, -0.15) is 0 Å². The maximum atomic E-state index is 12.5. The summed E-state index contributed by atoms with van der Waals surface area (Å²) in [4.78, 5) is 22.5. The molecule has 1 amide bonds. The van der Waals surface area contributed by atoms with E-state index >= 15 is 0 Å². The number of likely N-dealkylation sites (tertiary alicyclic amines) is 1. The Morgan fingerprint density at radius 1 is 1.07 bits per heavy atom. The van der Waals surface area contributed by atoms with E-state index in [-0.39, 0.29) is 12.5 Å². The standard InChI is InChI=1S/C23H27N3O3/c1-2-15-28-18-7-9-19(10-8-18)29-16-22(27)26-13-11-17(12-14-26)23-24-20-5-3-4-6-21(20)25-23/h3-10,17H,2,11-16H2,1H3,(H,24,25). The molecule has 152 valence electrons. The summed E-state index contributed by atoms with van der Waals surface area (Å²) in [5.74, 6) is 2.92. The Bertz CT molecular complexity index is 910. The molecule has 6 heteroatoms. The molecule has 1 saturated heterocycles. The molecule has 0 radical (unpaired) electrons. The van der Waals surface area contributed by atoms with Gasteiger partial charge in [0.1, 0.15) is 17.3 Å². The smallest absolute Gasteiger partial charge is 0.260 e. The van der Waals surface area contributed by atoms with Crippen LogP contribution in [-0.2, 0) is 4.79 Å². The van der Waals surface area contributed by atoms with Crippen LogP contribution in [0.4, 0.5) is 0 Å². The summed E-state index contributed by atoms with van der Waals surface area (Å²) in [5, 5.41) is 0. The van der Waals surface area contributed by atoms with Crippen LogP contribution in [0.25, 0.3) is 11.0 Å². The third-order valence-corrected chi connectivity index (χ3v) is 5.30. The van der Waals surface area contributed by atoms with Crippen LogP contribution in [0.2, 0.25) is 0 Å². The van der Waals surface area contributed by atoms with Crippen molar-refractivity contribution < 1.29 is 14.3 Å². The molecule has 1 N–H and O–H groups in total. The summed E-state index contributed by atoms with van der Waals surface area (Å²) >= 11 is 0. The van der Waals surface area contributed by atoms with Crippen LogP contribution in [0, 0.1) is 0 Å². The van der Waals surface area contributed by atoms with Crippen molar-refractivity contribution in [3.05, 3.63) is 54.4 Å². The number of aromatic nitrogens is 2. The number of H-pyrrole nitrogens is 1. The number of hydrogen-bond donors (Lipinski definition) is 1. The number of aromatic amines is 1. The first kappa shape index (κ1) is 19.3. The van der Waals surface area contributed by atoms with Gasteiger partial charge in [-0.15, -0.1) is 0 Å². The molecule has 0 atom stereocenters. The molecule has 3 aromatic rings. The van der Waals surface area contributed by atoms with Crippen molar-refractivity contribution in [2.45, 2.75) is 32.1 Å². The van der Waals surface area contributed by atoms with Crippen molar-refractivity contribution in [2.24, 2.45) is 0 Å². The Morgan fingerprint density at radius 2 is 1.76 bits per heavy atom. The van der Waals surface area contributed by atoms with E-state index < -0.39 is 0 Å². The highest BCUT2D eigenvalue weighted by molar-refractivity contribution is 5.78. The Labute approximate surface area is 170 Å². The van der Waals surface area contributed by atoms with Crippen molar-refractivity contribution in [3.63, 3.8) is 0 Å². The number of benzene rings is 2. The lowest BCUT2D eigenvalue weighted by molar-refractivity contribution is -0.134. The molecule has 0 unspecified atom stereocenters. The molecule has 0 aliphatic carbocycles. The zero-order valence-corrected chi connectivity index (χ0v) is 16.8. The van der Waals surface area contributed by atoms with Crippen LogP contribution >= 0.6 is 0 Å². The van der Waals surface area contributed by atoms with E-state index in [4.69, 9.17) is 14.5 Å². The number of carbonyl (C=O) groups excluding carboxylic acids is 1. The van der Waals surface area contributed by atoms with Gasteiger partial charge in [-0.05, 0) is 55.7 Å². The fraction of sp³-hybridized carbons (Fsp3) is 0.391. The first-order chi connectivity index (χ1) is 14.2. The monoisotopic (exact) mass is 393 g/mol. The largest absolute Gasteiger partial charge is 0.494 e. The highest BCUT2D eigenvalue weighted by Crippen LogP contribution is 2.28. The Morgan fingerprint density at radius 3 is 2.45 bits per heavy atom. The summed E-state index contributed by atoms with van der Waals surface area (Å²) in [6, 6.07) is 15.5. The fourth-order valence-electron chi connectivity index (χ4n) is 3.66. The van der Waals surface area contributed by atoms with Gasteiger partial charge in [0.25, 0.3) is 5.91 Å². The van der Waals surface area contributed by atoms with Gasteiger partial charge in [0.15, 0.2) is 6.61 Å². The summed E-state index contributed by atoms with van der Waals surface area (Å²) < 4.78 is 11.2. The molecule has 0 spiro atoms. The number of rotatable bonds is 7. The average molecular weight is 393 g/mol. The normalized spacial score (nSPS) is 14.9. The molecule has 1 fully saturated rings. The molecule has 4 rings (SSSR count). The van der Waals surface area contributed by atoms with E-state index in [2.05, 4.69) is 11.9 Å². The Hall–Kier alpha value is -3.02. The van der Waals surface area contributed by atoms with Gasteiger partial charge in [0.05, 0.1) is 17.6 Å². The topological polar surface area (TPSA) is 67.5 Å². The van der Waals surface area contributed by atoms with E-state index in [9.17, 15) is 4.79 Å². The lowest BCUT2D eigenvalue weighted by Crippen LogP contribution is -2.40. The third-order valence-electron chi connectivity index (χ3n) is 5.30. The van der Waals surface area contributed by atoms with Gasteiger partial charge in [-0.3, -0.25) is 4.79 Å². The van der Waals surface area contributed by atoms with E-state index in [1.165, 1.54) is 0 Å². The van der Waals surface area contributed by atoms with Crippen LogP contribution in [0.3, 0.4) is 0 Å². The highest BCUT2D eigenvalue weighted by Gasteiger charge is 2.25. The van der Waals surface area contributed by atoms with E-state index in [1.807, 2.05) is 53.4 Å². The fourth-order valence-corrected chi connectivity index (χ4v) is 3.66. The van der Waals surface area contributed by atoms with Crippen molar-refractivity contribution in [2.75, 3.05) is 26.3 Å². The second-order valence-corrected chi connectivity index (χ2v) is 7.40. The SMILES string of the molecule is CCCOc1ccc(OCC(=O)N2CCC(c3nc4ccccc4[nH]3)CC2)cc1. The lowest BCUT2D eigenvalue weighted by Gasteiger charge is -2.31. The minimum atomic E-state index is 0.0272. The van der Waals surface area contributed by atoms with Gasteiger partial charge < -0.3 is 19.4 Å². The molecule has 29 heavy (non-hydrogen) atoms. The quantitative estimate of drug-likeness (QED) is 0.655. The molecular formula is C23H27N3O3. The third kappa shape index (κ3) is 4.70. The van der Waals surface area contributed by atoms with Crippen molar-refractivity contribution in [1.82, 2.24) is 14.9 Å². The second kappa shape index (κ2) is 8.99. The molecule has 2 aromatic carbocycles. The van der Waals surface area contributed by atoms with Crippen molar-refractivity contribution in [1.29, 1.82) is 0 Å². The minimum absolute atomic E-state index is 0.0272. The highest BCUT2D eigenvalue weighted by atomic mass is 16.5. The molecular weight excluding hydrogens is 366 g/mol. The molecule has 0 bridgehead atoms. The number of piperidine rings is 1. The zero-order valence-electron chi connectivity index (χ0n) is 16.8. The van der Waals surface area contributed by atoms with E-state index in [1.54, 1.807) is 0 Å². The summed E-state index contributed by atoms with van der Waals surface area (Å²) in [6.07, 6.45) is 2.80. The van der Waals surface area contributed by atoms with Gasteiger partial charge in [0.2, 0.25) is 0 Å². The van der Waals surface area contributed by atoms with Crippen LogP contribution < -0.4 is 9.47 Å². The first-order valence-electron chi connectivity index (χ1n) is 10.3. The predicted molar refractivity (Wildman–Crippen MR) is 112 cm³/mol. The molecule has 1 aromatic heterocycles. The number of ether oxygens (including phenoxy) is 2. The van der Waals surface area contributed by atoms with Crippen LogP contribution in [-0.4, -0.2) is 47.1 Å². The minimum Gasteiger partial charge on any atom is -0.494 e. The van der Waals surface area contributed by atoms with Crippen molar-refractivity contribution in [3.8, 4) is 11.5 Å². The summed E-state index contributed by atoms with van der Waals surface area (Å²) in [5.41, 5.74) is 2.07. The lowest BCUT2D eigenvalue weighted by atomic mass is 9.96. The Balaban J connectivity index is 1.25. The second-order valence-electron chi connectivity index (χ2n) is 7.40. The number of amides is 1. The van der Waals surface area contributed by atoms with Crippen LogP contribution in [0.5, 0.6) is 11.5 Å². The number of imidazole rings is 1. The maximum absolute atomic E-state index is 12.5. The number of nitrogens with zero attached hydrogens (tertiary/aromatic N) is 2. The van der Waals surface area contributed by atoms with Crippen molar-refractivity contribution >= 4 is 16.9 Å². The van der Waals surface area contributed by atoms with E-state index in [0.717, 1.165) is 55.0 Å². The predicted octanol–water partition coefficient (Wildman–Crippen LogP) is 4.14. The molecule has 1 aliphatic heterocycles. The number of para-hydroxylation sites is 2. The summed E-state index contributed by atoms with van der Waals surface area (Å²) in [7, 11) is 0.